The highest BCUT2D eigenvalue weighted by Gasteiger charge is 2.14. The van der Waals surface area contributed by atoms with E-state index in [2.05, 4.69) is 6.07 Å². The largest absolute Gasteiger partial charge is 0.377 e. The van der Waals surface area contributed by atoms with Crippen molar-refractivity contribution in [3.63, 3.8) is 0 Å². The standard InChI is InChI=1S/C8H13NOS/c9-4-2-6-11-7-8-3-1-5-10-8/h8H,1-3,5-7H2. The Balaban J connectivity index is 1.90. The molecular weight excluding hydrogens is 158 g/mol. The Hall–Kier alpha value is -0.200. The third-order valence-corrected chi connectivity index (χ3v) is 2.79. The van der Waals surface area contributed by atoms with Crippen LogP contribution in [0.1, 0.15) is 19.3 Å². The molecule has 0 saturated carbocycles. The summed E-state index contributed by atoms with van der Waals surface area (Å²) in [4.78, 5) is 0. The Morgan fingerprint density at radius 1 is 1.64 bits per heavy atom. The fraction of sp³-hybridized carbons (Fsp3) is 0.875. The zero-order chi connectivity index (χ0) is 7.94. The molecule has 0 aromatic carbocycles. The van der Waals surface area contributed by atoms with Gasteiger partial charge in [-0.05, 0) is 12.8 Å². The lowest BCUT2D eigenvalue weighted by Gasteiger charge is -2.06. The second kappa shape index (κ2) is 5.45. The number of nitriles is 1. The minimum absolute atomic E-state index is 0.471. The number of hydrogen-bond acceptors (Lipinski definition) is 3. The van der Waals surface area contributed by atoms with Gasteiger partial charge in [-0.3, -0.25) is 0 Å². The molecule has 1 rings (SSSR count). The first-order valence-electron chi connectivity index (χ1n) is 4.00. The smallest absolute Gasteiger partial charge is 0.0666 e. The zero-order valence-electron chi connectivity index (χ0n) is 6.58. The molecule has 1 heterocycles. The van der Waals surface area contributed by atoms with Crippen molar-refractivity contribution in [2.45, 2.75) is 25.4 Å². The summed E-state index contributed by atoms with van der Waals surface area (Å²) >= 11 is 1.83. The van der Waals surface area contributed by atoms with Gasteiger partial charge in [0.1, 0.15) is 0 Å². The first kappa shape index (κ1) is 8.89. The van der Waals surface area contributed by atoms with Crippen molar-refractivity contribution in [2.75, 3.05) is 18.1 Å². The molecule has 0 bridgehead atoms. The molecule has 0 radical (unpaired) electrons. The number of ether oxygens (including phenoxy) is 1. The number of rotatable bonds is 4. The molecule has 1 aliphatic heterocycles. The van der Waals surface area contributed by atoms with E-state index in [9.17, 15) is 0 Å². The van der Waals surface area contributed by atoms with Crippen LogP contribution >= 0.6 is 11.8 Å². The molecule has 1 fully saturated rings. The van der Waals surface area contributed by atoms with E-state index in [1.165, 1.54) is 12.8 Å². The Labute approximate surface area is 71.9 Å². The van der Waals surface area contributed by atoms with Crippen molar-refractivity contribution in [1.82, 2.24) is 0 Å². The third-order valence-electron chi connectivity index (χ3n) is 1.69. The molecule has 1 unspecified atom stereocenters. The molecule has 1 saturated heterocycles. The second-order valence-corrected chi connectivity index (χ2v) is 3.77. The summed E-state index contributed by atoms with van der Waals surface area (Å²) in [5.41, 5.74) is 0. The lowest BCUT2D eigenvalue weighted by Crippen LogP contribution is -2.08. The Morgan fingerprint density at radius 3 is 3.18 bits per heavy atom. The maximum atomic E-state index is 8.26. The van der Waals surface area contributed by atoms with Gasteiger partial charge in [0.25, 0.3) is 0 Å². The summed E-state index contributed by atoms with van der Waals surface area (Å²) in [6, 6.07) is 2.13. The lowest BCUT2D eigenvalue weighted by atomic mass is 10.3. The normalized spacial score (nSPS) is 23.4. The van der Waals surface area contributed by atoms with Crippen LogP contribution in [0.2, 0.25) is 0 Å². The molecule has 0 N–H and O–H groups in total. The van der Waals surface area contributed by atoms with Gasteiger partial charge in [-0.15, -0.1) is 0 Å². The van der Waals surface area contributed by atoms with Gasteiger partial charge in [-0.1, -0.05) is 0 Å². The van der Waals surface area contributed by atoms with E-state index in [0.717, 1.165) is 18.1 Å². The van der Waals surface area contributed by atoms with Gasteiger partial charge in [0.05, 0.1) is 12.2 Å². The molecule has 2 nitrogen and oxygen atoms in total. The zero-order valence-corrected chi connectivity index (χ0v) is 7.40. The van der Waals surface area contributed by atoms with Gasteiger partial charge in [0.15, 0.2) is 0 Å². The van der Waals surface area contributed by atoms with E-state index in [0.29, 0.717) is 12.5 Å². The van der Waals surface area contributed by atoms with E-state index in [4.69, 9.17) is 10.00 Å². The SMILES string of the molecule is N#CCCSCC1CCCO1. The molecule has 62 valence electrons. The van der Waals surface area contributed by atoms with Crippen LogP contribution < -0.4 is 0 Å². The van der Waals surface area contributed by atoms with Crippen LogP contribution in [0.4, 0.5) is 0 Å². The Kier molecular flexibility index (Phi) is 4.41. The van der Waals surface area contributed by atoms with Crippen molar-refractivity contribution >= 4 is 11.8 Å². The minimum atomic E-state index is 0.471. The van der Waals surface area contributed by atoms with Crippen molar-refractivity contribution in [3.05, 3.63) is 0 Å². The van der Waals surface area contributed by atoms with Gasteiger partial charge in [-0.2, -0.15) is 17.0 Å². The average Bonchev–Trinajstić information content (AvgIpc) is 2.50. The van der Waals surface area contributed by atoms with Gasteiger partial charge < -0.3 is 4.74 Å². The summed E-state index contributed by atoms with van der Waals surface area (Å²) in [6.07, 6.45) is 3.55. The lowest BCUT2D eigenvalue weighted by molar-refractivity contribution is 0.129. The molecule has 1 atom stereocenters. The maximum absolute atomic E-state index is 8.26. The molecule has 0 aromatic rings. The van der Waals surface area contributed by atoms with Gasteiger partial charge in [0, 0.05) is 24.5 Å². The van der Waals surface area contributed by atoms with Crippen LogP contribution in [-0.2, 0) is 4.74 Å². The van der Waals surface area contributed by atoms with Crippen LogP contribution in [-0.4, -0.2) is 24.2 Å². The molecule has 0 aliphatic carbocycles. The highest BCUT2D eigenvalue weighted by molar-refractivity contribution is 7.99. The van der Waals surface area contributed by atoms with Crippen LogP contribution in [0.5, 0.6) is 0 Å². The van der Waals surface area contributed by atoms with Gasteiger partial charge >= 0.3 is 0 Å². The van der Waals surface area contributed by atoms with Crippen molar-refractivity contribution in [3.8, 4) is 6.07 Å². The van der Waals surface area contributed by atoms with E-state index in [-0.39, 0.29) is 0 Å². The first-order valence-corrected chi connectivity index (χ1v) is 5.15. The summed E-state index contributed by atoms with van der Waals surface area (Å²) in [5.74, 6) is 2.03. The molecular formula is C8H13NOS. The molecule has 0 amide bonds. The fourth-order valence-electron chi connectivity index (χ4n) is 1.11. The van der Waals surface area contributed by atoms with E-state index in [1.54, 1.807) is 0 Å². The van der Waals surface area contributed by atoms with E-state index in [1.807, 2.05) is 11.8 Å². The molecule has 3 heteroatoms. The molecule has 1 aliphatic rings. The molecule has 0 spiro atoms. The van der Waals surface area contributed by atoms with Gasteiger partial charge in [0.2, 0.25) is 0 Å². The highest BCUT2D eigenvalue weighted by atomic mass is 32.2. The maximum Gasteiger partial charge on any atom is 0.0666 e. The summed E-state index contributed by atoms with van der Waals surface area (Å²) < 4.78 is 5.43. The van der Waals surface area contributed by atoms with Crippen LogP contribution in [0.15, 0.2) is 0 Å². The number of nitrogens with zero attached hydrogens (tertiary/aromatic N) is 1. The van der Waals surface area contributed by atoms with Gasteiger partial charge in [-0.25, -0.2) is 0 Å². The summed E-state index contributed by atoms with van der Waals surface area (Å²) in [6.45, 7) is 0.934. The van der Waals surface area contributed by atoms with Crippen molar-refractivity contribution in [1.29, 1.82) is 5.26 Å². The number of thioether (sulfide) groups is 1. The van der Waals surface area contributed by atoms with E-state index < -0.39 is 0 Å². The molecule has 11 heavy (non-hydrogen) atoms. The summed E-state index contributed by atoms with van der Waals surface area (Å²) in [5, 5.41) is 8.26. The minimum Gasteiger partial charge on any atom is -0.377 e. The van der Waals surface area contributed by atoms with Crippen LogP contribution in [0.3, 0.4) is 0 Å². The third kappa shape index (κ3) is 3.64. The quantitative estimate of drug-likeness (QED) is 0.605. The predicted octanol–water partition coefficient (Wildman–Crippen LogP) is 1.81. The Morgan fingerprint density at radius 2 is 2.55 bits per heavy atom. The molecule has 0 aromatic heterocycles. The summed E-state index contributed by atoms with van der Waals surface area (Å²) in [7, 11) is 0. The van der Waals surface area contributed by atoms with Crippen molar-refractivity contribution < 1.29 is 4.74 Å². The average molecular weight is 171 g/mol. The fourth-order valence-corrected chi connectivity index (χ4v) is 2.04. The van der Waals surface area contributed by atoms with E-state index >= 15 is 0 Å². The van der Waals surface area contributed by atoms with Crippen LogP contribution in [0, 0.1) is 11.3 Å². The topological polar surface area (TPSA) is 33.0 Å². The number of hydrogen-bond donors (Lipinski definition) is 0. The van der Waals surface area contributed by atoms with Crippen LogP contribution in [0.25, 0.3) is 0 Å². The highest BCUT2D eigenvalue weighted by Crippen LogP contribution is 2.17. The second-order valence-electron chi connectivity index (χ2n) is 2.62. The monoisotopic (exact) mass is 171 g/mol. The first-order chi connectivity index (χ1) is 5.43. The van der Waals surface area contributed by atoms with Crippen molar-refractivity contribution in [2.24, 2.45) is 0 Å². The predicted molar refractivity (Wildman–Crippen MR) is 46.5 cm³/mol. The Bertz CT molecular complexity index is 138.